The summed E-state index contributed by atoms with van der Waals surface area (Å²) in [6, 6.07) is 8.68. The van der Waals surface area contributed by atoms with Crippen LogP contribution in [-0.2, 0) is 18.9 Å². The summed E-state index contributed by atoms with van der Waals surface area (Å²) in [4.78, 5) is 12.1. The minimum Gasteiger partial charge on any atom is -0.404 e. The molecule has 0 aliphatic carbocycles. The lowest BCUT2D eigenvalue weighted by atomic mass is 10.2. The maximum absolute atomic E-state index is 12.1. The molecule has 0 aromatic heterocycles. The molecule has 2 atom stereocenters. The van der Waals surface area contributed by atoms with Crippen LogP contribution in [0.5, 0.6) is 0 Å². The second-order valence-corrected chi connectivity index (χ2v) is 4.19. The van der Waals surface area contributed by atoms with Gasteiger partial charge in [-0.3, -0.25) is 4.74 Å². The van der Waals surface area contributed by atoms with Crippen molar-refractivity contribution in [3.8, 4) is 0 Å². The minimum atomic E-state index is -1.48. The van der Waals surface area contributed by atoms with E-state index in [0.717, 1.165) is 0 Å². The van der Waals surface area contributed by atoms with Gasteiger partial charge in [0, 0.05) is 13.5 Å². The van der Waals surface area contributed by atoms with Crippen molar-refractivity contribution < 1.29 is 23.7 Å². The first-order valence-corrected chi connectivity index (χ1v) is 6.72. The molecule has 1 rings (SSSR count). The standard InChI is InChI=1S/C15H22O5/c1-5-17-12(3)19-15(4,18-6-2)20-14(16)13-10-8-7-9-11-13/h7-12H,5-6H2,1-4H3. The normalized spacial score (nSPS) is 15.4. The van der Waals surface area contributed by atoms with Gasteiger partial charge in [0.05, 0.1) is 12.2 Å². The SMILES string of the molecule is CCOC(C)OC(C)(OCC)OC(=O)c1ccccc1. The molecule has 2 unspecified atom stereocenters. The fraction of sp³-hybridized carbons (Fsp3) is 0.533. The predicted molar refractivity (Wildman–Crippen MR) is 74.1 cm³/mol. The van der Waals surface area contributed by atoms with E-state index in [9.17, 15) is 4.79 Å². The molecule has 0 heterocycles. The van der Waals surface area contributed by atoms with Crippen molar-refractivity contribution in [3.05, 3.63) is 35.9 Å². The quantitative estimate of drug-likeness (QED) is 0.542. The summed E-state index contributed by atoms with van der Waals surface area (Å²) < 4.78 is 21.5. The fourth-order valence-electron chi connectivity index (χ4n) is 1.72. The van der Waals surface area contributed by atoms with Crippen LogP contribution >= 0.6 is 0 Å². The fourth-order valence-corrected chi connectivity index (χ4v) is 1.72. The summed E-state index contributed by atoms with van der Waals surface area (Å²) in [7, 11) is 0. The highest BCUT2D eigenvalue weighted by molar-refractivity contribution is 5.89. The van der Waals surface area contributed by atoms with Crippen molar-refractivity contribution in [1.82, 2.24) is 0 Å². The second-order valence-electron chi connectivity index (χ2n) is 4.19. The lowest BCUT2D eigenvalue weighted by Gasteiger charge is -2.31. The largest absolute Gasteiger partial charge is 0.404 e. The Morgan fingerprint density at radius 2 is 1.85 bits per heavy atom. The number of carbonyl (C=O) groups is 1. The molecule has 0 bridgehead atoms. The van der Waals surface area contributed by atoms with Gasteiger partial charge >= 0.3 is 11.9 Å². The van der Waals surface area contributed by atoms with Gasteiger partial charge in [-0.05, 0) is 32.9 Å². The minimum absolute atomic E-state index is 0.345. The molecule has 0 spiro atoms. The molecule has 0 saturated heterocycles. The highest BCUT2D eigenvalue weighted by Crippen LogP contribution is 2.20. The molecule has 5 nitrogen and oxygen atoms in total. The molecule has 0 N–H and O–H groups in total. The van der Waals surface area contributed by atoms with Crippen LogP contribution in [-0.4, -0.2) is 31.4 Å². The number of carbonyl (C=O) groups excluding carboxylic acids is 1. The van der Waals surface area contributed by atoms with Crippen molar-refractivity contribution in [2.75, 3.05) is 13.2 Å². The first-order valence-electron chi connectivity index (χ1n) is 6.72. The van der Waals surface area contributed by atoms with E-state index in [4.69, 9.17) is 18.9 Å². The molecule has 0 fully saturated rings. The van der Waals surface area contributed by atoms with E-state index in [1.807, 2.05) is 13.0 Å². The third kappa shape index (κ3) is 5.28. The van der Waals surface area contributed by atoms with Gasteiger partial charge in [0.15, 0.2) is 6.29 Å². The predicted octanol–water partition coefficient (Wildman–Crippen LogP) is 2.95. The summed E-state index contributed by atoms with van der Waals surface area (Å²) in [5.41, 5.74) is 0.436. The highest BCUT2D eigenvalue weighted by Gasteiger charge is 2.33. The smallest absolute Gasteiger partial charge is 0.342 e. The van der Waals surface area contributed by atoms with Gasteiger partial charge in [0.25, 0.3) is 0 Å². The van der Waals surface area contributed by atoms with Crippen molar-refractivity contribution in [2.24, 2.45) is 0 Å². The summed E-state index contributed by atoms with van der Waals surface area (Å²) in [5, 5.41) is 0. The van der Waals surface area contributed by atoms with Crippen LogP contribution in [0.3, 0.4) is 0 Å². The van der Waals surface area contributed by atoms with Gasteiger partial charge in [0.2, 0.25) is 0 Å². The summed E-state index contributed by atoms with van der Waals surface area (Å²) in [6.45, 7) is 7.76. The van der Waals surface area contributed by atoms with E-state index < -0.39 is 18.2 Å². The molecule has 0 aliphatic heterocycles. The Kier molecular flexibility index (Phi) is 6.64. The summed E-state index contributed by atoms with van der Waals surface area (Å²) in [6.07, 6.45) is -0.542. The van der Waals surface area contributed by atoms with Crippen molar-refractivity contribution in [3.63, 3.8) is 0 Å². The van der Waals surface area contributed by atoms with Gasteiger partial charge in [-0.2, -0.15) is 0 Å². The van der Waals surface area contributed by atoms with Crippen molar-refractivity contribution >= 4 is 5.97 Å². The maximum Gasteiger partial charge on any atom is 0.342 e. The Hall–Kier alpha value is -1.43. The number of hydrogen-bond acceptors (Lipinski definition) is 5. The van der Waals surface area contributed by atoms with Crippen molar-refractivity contribution in [1.29, 1.82) is 0 Å². The Morgan fingerprint density at radius 3 is 2.40 bits per heavy atom. The number of esters is 1. The van der Waals surface area contributed by atoms with Crippen LogP contribution in [0.15, 0.2) is 30.3 Å². The molecule has 0 radical (unpaired) electrons. The third-order valence-electron chi connectivity index (χ3n) is 2.48. The van der Waals surface area contributed by atoms with Crippen LogP contribution in [0, 0.1) is 0 Å². The Balaban J connectivity index is 2.72. The summed E-state index contributed by atoms with van der Waals surface area (Å²) in [5.74, 6) is -1.98. The van der Waals surface area contributed by atoms with Gasteiger partial charge in [-0.15, -0.1) is 0 Å². The molecule has 1 aromatic carbocycles. The van der Waals surface area contributed by atoms with E-state index >= 15 is 0 Å². The van der Waals surface area contributed by atoms with E-state index in [1.54, 1.807) is 45.0 Å². The molecular weight excluding hydrogens is 260 g/mol. The molecule has 5 heteroatoms. The van der Waals surface area contributed by atoms with E-state index in [1.165, 1.54) is 0 Å². The van der Waals surface area contributed by atoms with Crippen LogP contribution in [0.4, 0.5) is 0 Å². The Morgan fingerprint density at radius 1 is 1.20 bits per heavy atom. The number of hydrogen-bond donors (Lipinski definition) is 0. The lowest BCUT2D eigenvalue weighted by Crippen LogP contribution is -2.41. The topological polar surface area (TPSA) is 54.0 Å². The van der Waals surface area contributed by atoms with Crippen LogP contribution < -0.4 is 0 Å². The van der Waals surface area contributed by atoms with E-state index in [2.05, 4.69) is 0 Å². The molecule has 0 saturated carbocycles. The average Bonchev–Trinajstić information content (AvgIpc) is 2.39. The molecule has 1 aromatic rings. The zero-order chi connectivity index (χ0) is 15.0. The molecule has 112 valence electrons. The van der Waals surface area contributed by atoms with Gasteiger partial charge in [0.1, 0.15) is 0 Å². The number of rotatable bonds is 8. The first kappa shape index (κ1) is 16.6. The zero-order valence-corrected chi connectivity index (χ0v) is 12.4. The lowest BCUT2D eigenvalue weighted by molar-refractivity contribution is -0.385. The van der Waals surface area contributed by atoms with Crippen LogP contribution in [0.25, 0.3) is 0 Å². The van der Waals surface area contributed by atoms with Crippen LogP contribution in [0.2, 0.25) is 0 Å². The monoisotopic (exact) mass is 282 g/mol. The maximum atomic E-state index is 12.1. The molecule has 0 aliphatic rings. The van der Waals surface area contributed by atoms with E-state index in [-0.39, 0.29) is 0 Å². The van der Waals surface area contributed by atoms with Gasteiger partial charge < -0.3 is 14.2 Å². The first-order chi connectivity index (χ1) is 9.50. The Bertz CT molecular complexity index is 406. The molecule has 0 amide bonds. The third-order valence-corrected chi connectivity index (χ3v) is 2.48. The van der Waals surface area contributed by atoms with Crippen molar-refractivity contribution in [2.45, 2.75) is 40.0 Å². The van der Waals surface area contributed by atoms with Gasteiger partial charge in [-0.25, -0.2) is 4.79 Å². The second kappa shape index (κ2) is 7.99. The number of benzene rings is 1. The molecule has 20 heavy (non-hydrogen) atoms. The summed E-state index contributed by atoms with van der Waals surface area (Å²) >= 11 is 0. The molecular formula is C15H22O5. The Labute approximate surface area is 119 Å². The van der Waals surface area contributed by atoms with Crippen LogP contribution in [0.1, 0.15) is 38.1 Å². The number of ether oxygens (including phenoxy) is 4. The van der Waals surface area contributed by atoms with Gasteiger partial charge in [-0.1, -0.05) is 18.2 Å². The zero-order valence-electron chi connectivity index (χ0n) is 12.4. The van der Waals surface area contributed by atoms with E-state index in [0.29, 0.717) is 18.8 Å². The highest BCUT2D eigenvalue weighted by atomic mass is 16.9. The average molecular weight is 282 g/mol.